The first-order valence-electron chi connectivity index (χ1n) is 13.3. The van der Waals surface area contributed by atoms with E-state index in [-0.39, 0.29) is 37.7 Å². The van der Waals surface area contributed by atoms with Gasteiger partial charge in [0.25, 0.3) is 0 Å². The van der Waals surface area contributed by atoms with Crippen LogP contribution in [0.5, 0.6) is 11.5 Å². The fraction of sp³-hybridized carbons (Fsp3) is 0.333. The quantitative estimate of drug-likeness (QED) is 0.318. The second-order valence-corrected chi connectivity index (χ2v) is 12.6. The van der Waals surface area contributed by atoms with Crippen LogP contribution in [0.25, 0.3) is 0 Å². The molecular weight excluding hydrogens is 610 g/mol. The Morgan fingerprint density at radius 2 is 1.66 bits per heavy atom. The fourth-order valence-electron chi connectivity index (χ4n) is 4.74. The summed E-state index contributed by atoms with van der Waals surface area (Å²) in [5.74, 6) is 0.523. The Kier molecular flexibility index (Phi) is 10.3. The lowest BCUT2D eigenvalue weighted by molar-refractivity contribution is -0.141. The summed E-state index contributed by atoms with van der Waals surface area (Å²) in [4.78, 5) is 28.5. The maximum absolute atomic E-state index is 13.8. The van der Waals surface area contributed by atoms with Crippen molar-refractivity contribution in [3.63, 3.8) is 0 Å². The minimum atomic E-state index is -3.65. The summed E-state index contributed by atoms with van der Waals surface area (Å²) < 4.78 is 38.8. The number of amides is 2. The highest BCUT2D eigenvalue weighted by Gasteiger charge is 2.30. The van der Waals surface area contributed by atoms with Crippen molar-refractivity contribution < 1.29 is 27.5 Å². The molecule has 0 unspecified atom stereocenters. The van der Waals surface area contributed by atoms with Crippen molar-refractivity contribution in [3.8, 4) is 11.5 Å². The van der Waals surface area contributed by atoms with Gasteiger partial charge in [0.15, 0.2) is 11.5 Å². The highest BCUT2D eigenvalue weighted by atomic mass is 79.9. The lowest BCUT2D eigenvalue weighted by atomic mass is 10.0. The SMILES string of the molecule is CNC(=O)[C@H](Cc1ccccc1)N(Cc1cccc(Br)c1)C(=O)CCCN(c1ccc2c(c1)OCCO2)S(C)(=O)=O. The van der Waals surface area contributed by atoms with Gasteiger partial charge in [-0.1, -0.05) is 58.4 Å². The first-order valence-corrected chi connectivity index (χ1v) is 16.0. The van der Waals surface area contributed by atoms with Gasteiger partial charge < -0.3 is 19.7 Å². The van der Waals surface area contributed by atoms with E-state index in [1.54, 1.807) is 30.1 Å². The number of carbonyl (C=O) groups is 2. The molecule has 0 bridgehead atoms. The van der Waals surface area contributed by atoms with Crippen molar-refractivity contribution in [2.24, 2.45) is 0 Å². The zero-order chi connectivity index (χ0) is 29.4. The summed E-state index contributed by atoms with van der Waals surface area (Å²) in [6, 6.07) is 21.4. The zero-order valence-electron chi connectivity index (χ0n) is 23.1. The van der Waals surface area contributed by atoms with Crippen molar-refractivity contribution in [1.82, 2.24) is 10.2 Å². The molecule has 41 heavy (non-hydrogen) atoms. The number of likely N-dealkylation sites (N-methyl/N-ethyl adjacent to an activating group) is 1. The van der Waals surface area contributed by atoms with E-state index < -0.39 is 16.1 Å². The number of benzene rings is 3. The van der Waals surface area contributed by atoms with E-state index in [0.29, 0.717) is 36.8 Å². The molecule has 0 saturated carbocycles. The molecule has 0 saturated heterocycles. The van der Waals surface area contributed by atoms with E-state index >= 15 is 0 Å². The molecule has 1 N–H and O–H groups in total. The van der Waals surface area contributed by atoms with Crippen LogP contribution < -0.4 is 19.1 Å². The van der Waals surface area contributed by atoms with Gasteiger partial charge in [-0.05, 0) is 41.8 Å². The molecule has 3 aromatic rings. The predicted molar refractivity (Wildman–Crippen MR) is 162 cm³/mol. The molecular formula is C30H34BrN3O6S. The Bertz CT molecular complexity index is 1470. The third-order valence-electron chi connectivity index (χ3n) is 6.73. The van der Waals surface area contributed by atoms with Crippen LogP contribution in [-0.2, 0) is 32.6 Å². The number of hydrogen-bond donors (Lipinski definition) is 1. The molecule has 0 radical (unpaired) electrons. The summed E-state index contributed by atoms with van der Waals surface area (Å²) in [6.07, 6.45) is 1.77. The topological polar surface area (TPSA) is 105 Å². The highest BCUT2D eigenvalue weighted by Crippen LogP contribution is 2.35. The second kappa shape index (κ2) is 13.9. The molecule has 1 heterocycles. The number of ether oxygens (including phenoxy) is 2. The van der Waals surface area contributed by atoms with Crippen LogP contribution in [0.2, 0.25) is 0 Å². The minimum absolute atomic E-state index is 0.0485. The third kappa shape index (κ3) is 8.23. The van der Waals surface area contributed by atoms with E-state index in [9.17, 15) is 18.0 Å². The Labute approximate surface area is 249 Å². The number of sulfonamides is 1. The number of anilines is 1. The average molecular weight is 645 g/mol. The lowest BCUT2D eigenvalue weighted by Crippen LogP contribution is -2.49. The second-order valence-electron chi connectivity index (χ2n) is 9.74. The summed E-state index contributed by atoms with van der Waals surface area (Å²) >= 11 is 3.48. The molecule has 11 heteroatoms. The number of halogens is 1. The van der Waals surface area contributed by atoms with Gasteiger partial charge in [-0.2, -0.15) is 0 Å². The zero-order valence-corrected chi connectivity index (χ0v) is 25.5. The van der Waals surface area contributed by atoms with Crippen LogP contribution in [-0.4, -0.2) is 64.2 Å². The van der Waals surface area contributed by atoms with Gasteiger partial charge in [0.2, 0.25) is 21.8 Å². The van der Waals surface area contributed by atoms with Gasteiger partial charge >= 0.3 is 0 Å². The molecule has 1 aliphatic rings. The molecule has 0 aliphatic carbocycles. The van der Waals surface area contributed by atoms with E-state index in [4.69, 9.17) is 9.47 Å². The first kappa shape index (κ1) is 30.4. The average Bonchev–Trinajstić information content (AvgIpc) is 2.96. The lowest BCUT2D eigenvalue weighted by Gasteiger charge is -2.31. The fourth-order valence-corrected chi connectivity index (χ4v) is 6.15. The van der Waals surface area contributed by atoms with Crippen LogP contribution in [0.4, 0.5) is 5.69 Å². The predicted octanol–water partition coefficient (Wildman–Crippen LogP) is 4.15. The number of nitrogens with zero attached hydrogens (tertiary/aromatic N) is 2. The number of fused-ring (bicyclic) bond motifs is 1. The van der Waals surface area contributed by atoms with Crippen molar-refractivity contribution in [2.75, 3.05) is 37.4 Å². The Morgan fingerprint density at radius 3 is 2.34 bits per heavy atom. The van der Waals surface area contributed by atoms with E-state index in [2.05, 4.69) is 21.2 Å². The molecule has 218 valence electrons. The summed E-state index contributed by atoms with van der Waals surface area (Å²) in [5, 5.41) is 2.71. The van der Waals surface area contributed by atoms with Crippen molar-refractivity contribution >= 4 is 43.5 Å². The number of hydrogen-bond acceptors (Lipinski definition) is 6. The normalized spacial score (nSPS) is 13.2. The molecule has 4 rings (SSSR count). The highest BCUT2D eigenvalue weighted by molar-refractivity contribution is 9.10. The summed E-state index contributed by atoms with van der Waals surface area (Å²) in [5.41, 5.74) is 2.22. The van der Waals surface area contributed by atoms with E-state index in [1.807, 2.05) is 54.6 Å². The smallest absolute Gasteiger partial charge is 0.242 e. The van der Waals surface area contributed by atoms with Gasteiger partial charge in [0.05, 0.1) is 11.9 Å². The monoisotopic (exact) mass is 643 g/mol. The Balaban J connectivity index is 1.55. The molecule has 0 fully saturated rings. The molecule has 0 aromatic heterocycles. The summed E-state index contributed by atoms with van der Waals surface area (Å²) in [7, 11) is -2.09. The van der Waals surface area contributed by atoms with Gasteiger partial charge in [-0.15, -0.1) is 0 Å². The first-order chi connectivity index (χ1) is 19.7. The molecule has 1 atom stereocenters. The maximum Gasteiger partial charge on any atom is 0.242 e. The van der Waals surface area contributed by atoms with Crippen molar-refractivity contribution in [1.29, 1.82) is 0 Å². The Hall–Kier alpha value is -3.57. The maximum atomic E-state index is 13.8. The number of rotatable bonds is 12. The van der Waals surface area contributed by atoms with E-state index in [0.717, 1.165) is 21.9 Å². The van der Waals surface area contributed by atoms with Crippen molar-refractivity contribution in [3.05, 3.63) is 88.4 Å². The van der Waals surface area contributed by atoms with Gasteiger partial charge in [-0.3, -0.25) is 13.9 Å². The van der Waals surface area contributed by atoms with Gasteiger partial charge in [-0.25, -0.2) is 8.42 Å². The molecule has 2 amide bonds. The molecule has 0 spiro atoms. The van der Waals surface area contributed by atoms with Gasteiger partial charge in [0, 0.05) is 43.5 Å². The van der Waals surface area contributed by atoms with Crippen LogP contribution in [0, 0.1) is 0 Å². The molecule has 9 nitrogen and oxygen atoms in total. The van der Waals surface area contributed by atoms with Crippen LogP contribution in [0.3, 0.4) is 0 Å². The third-order valence-corrected chi connectivity index (χ3v) is 8.41. The van der Waals surface area contributed by atoms with Crippen LogP contribution in [0.15, 0.2) is 77.3 Å². The molecule has 3 aromatic carbocycles. The van der Waals surface area contributed by atoms with E-state index in [1.165, 1.54) is 4.31 Å². The van der Waals surface area contributed by atoms with Crippen LogP contribution >= 0.6 is 15.9 Å². The standard InChI is InChI=1S/C30H34BrN3O6S/c1-32-30(36)26(19-22-8-4-3-5-9-22)33(21-23-10-6-11-24(31)18-23)29(35)12-7-15-34(41(2,37)38)25-13-14-27-28(20-25)40-17-16-39-27/h3-6,8-11,13-14,18,20,26H,7,12,15-17,19,21H2,1-2H3,(H,32,36)/t26-/m0/s1. The van der Waals surface area contributed by atoms with Crippen LogP contribution in [0.1, 0.15) is 24.0 Å². The largest absolute Gasteiger partial charge is 0.486 e. The Morgan fingerprint density at radius 1 is 0.951 bits per heavy atom. The number of carbonyl (C=O) groups excluding carboxylic acids is 2. The van der Waals surface area contributed by atoms with Gasteiger partial charge in [0.1, 0.15) is 19.3 Å². The van der Waals surface area contributed by atoms with Crippen molar-refractivity contribution in [2.45, 2.75) is 31.8 Å². The number of nitrogens with one attached hydrogen (secondary N) is 1. The summed E-state index contributed by atoms with van der Waals surface area (Å²) in [6.45, 7) is 1.12. The minimum Gasteiger partial charge on any atom is -0.486 e. The molecule has 1 aliphatic heterocycles.